The number of ether oxygens (including phenoxy) is 1. The van der Waals surface area contributed by atoms with Crippen LogP contribution in [-0.2, 0) is 16.6 Å². The maximum absolute atomic E-state index is 12.4. The zero-order valence-corrected chi connectivity index (χ0v) is 14.4. The number of hydrogen-bond donors (Lipinski definition) is 3. The van der Waals surface area contributed by atoms with Crippen molar-refractivity contribution in [3.63, 3.8) is 0 Å². The number of benzene rings is 1. The van der Waals surface area contributed by atoms with Crippen molar-refractivity contribution >= 4 is 11.9 Å². The average molecular weight is 343 g/mol. The molecule has 0 aliphatic carbocycles. The van der Waals surface area contributed by atoms with Crippen molar-refractivity contribution < 1.29 is 19.4 Å². The second-order valence-electron chi connectivity index (χ2n) is 7.13. The van der Waals surface area contributed by atoms with Crippen LogP contribution in [0.4, 0.5) is 0 Å². The number of fused-ring (bicyclic) bond motifs is 1. The fourth-order valence-electron chi connectivity index (χ4n) is 2.70. The lowest BCUT2D eigenvalue weighted by Crippen LogP contribution is -2.34. The van der Waals surface area contributed by atoms with Gasteiger partial charge in [0.15, 0.2) is 6.04 Å². The zero-order chi connectivity index (χ0) is 18.2. The van der Waals surface area contributed by atoms with Crippen molar-refractivity contribution in [2.24, 2.45) is 0 Å². The van der Waals surface area contributed by atoms with E-state index < -0.39 is 17.9 Å². The normalized spacial score (nSPS) is 14.5. The summed E-state index contributed by atoms with van der Waals surface area (Å²) >= 11 is 0. The average Bonchev–Trinajstić information content (AvgIpc) is 3.19. The second kappa shape index (κ2) is 6.23. The summed E-state index contributed by atoms with van der Waals surface area (Å²) in [7, 11) is 0. The van der Waals surface area contributed by atoms with Crippen molar-refractivity contribution in [2.75, 3.05) is 6.61 Å². The molecule has 2 heterocycles. The van der Waals surface area contributed by atoms with E-state index in [0.717, 1.165) is 23.4 Å². The number of carbonyl (C=O) groups excluding carboxylic acids is 1. The van der Waals surface area contributed by atoms with Gasteiger partial charge in [0, 0.05) is 17.5 Å². The third-order valence-corrected chi connectivity index (χ3v) is 4.19. The number of nitrogens with zero attached hydrogens (tertiary/aromatic N) is 1. The monoisotopic (exact) mass is 343 g/mol. The molecule has 1 aliphatic heterocycles. The molecule has 1 amide bonds. The van der Waals surface area contributed by atoms with E-state index in [0.29, 0.717) is 12.2 Å². The summed E-state index contributed by atoms with van der Waals surface area (Å²) in [6.45, 7) is 6.57. The Balaban J connectivity index is 1.81. The van der Waals surface area contributed by atoms with Gasteiger partial charge in [-0.05, 0) is 29.3 Å². The van der Waals surface area contributed by atoms with Gasteiger partial charge in [-0.25, -0.2) is 4.79 Å². The molecule has 1 unspecified atom stereocenters. The first-order chi connectivity index (χ1) is 11.8. The fraction of sp³-hybridized carbons (Fsp3) is 0.389. The summed E-state index contributed by atoms with van der Waals surface area (Å²) < 4.78 is 5.43. The third-order valence-electron chi connectivity index (χ3n) is 4.19. The summed E-state index contributed by atoms with van der Waals surface area (Å²) in [5.74, 6) is -0.893. The lowest BCUT2D eigenvalue weighted by Gasteiger charge is -2.15. The van der Waals surface area contributed by atoms with Crippen molar-refractivity contribution in [3.05, 3.63) is 46.8 Å². The number of aliphatic carboxylic acids is 1. The minimum Gasteiger partial charge on any atom is -0.493 e. The zero-order valence-electron chi connectivity index (χ0n) is 14.4. The molecule has 0 saturated carbocycles. The number of aromatic nitrogens is 2. The van der Waals surface area contributed by atoms with Crippen LogP contribution in [-0.4, -0.2) is 33.8 Å². The van der Waals surface area contributed by atoms with E-state index in [1.54, 1.807) is 24.3 Å². The van der Waals surface area contributed by atoms with Gasteiger partial charge >= 0.3 is 5.97 Å². The Labute approximate surface area is 145 Å². The highest BCUT2D eigenvalue weighted by Gasteiger charge is 2.26. The summed E-state index contributed by atoms with van der Waals surface area (Å²) in [6, 6.07) is 5.67. The van der Waals surface area contributed by atoms with Crippen LogP contribution in [0, 0.1) is 0 Å². The van der Waals surface area contributed by atoms with Crippen molar-refractivity contribution in [1.29, 1.82) is 0 Å². The highest BCUT2D eigenvalue weighted by atomic mass is 16.5. The van der Waals surface area contributed by atoms with Crippen LogP contribution in [0.15, 0.2) is 24.3 Å². The first-order valence-electron chi connectivity index (χ1n) is 8.11. The van der Waals surface area contributed by atoms with Crippen LogP contribution in [0.3, 0.4) is 0 Å². The first kappa shape index (κ1) is 17.0. The molecule has 1 aromatic heterocycles. The van der Waals surface area contributed by atoms with E-state index in [1.807, 2.05) is 20.8 Å². The Morgan fingerprint density at radius 2 is 2.08 bits per heavy atom. The summed E-state index contributed by atoms with van der Waals surface area (Å²) in [5.41, 5.74) is 2.25. The van der Waals surface area contributed by atoms with Gasteiger partial charge in [-0.2, -0.15) is 5.10 Å². The maximum atomic E-state index is 12.4. The number of rotatable bonds is 4. The van der Waals surface area contributed by atoms with Crippen LogP contribution >= 0.6 is 0 Å². The fourth-order valence-corrected chi connectivity index (χ4v) is 2.70. The number of H-pyrrole nitrogens is 1. The summed E-state index contributed by atoms with van der Waals surface area (Å²) in [4.78, 5) is 24.1. The highest BCUT2D eigenvalue weighted by molar-refractivity contribution is 5.95. The molecule has 0 bridgehead atoms. The van der Waals surface area contributed by atoms with E-state index in [1.165, 1.54) is 0 Å². The molecule has 0 fully saturated rings. The molecule has 0 spiro atoms. The molecule has 1 aliphatic rings. The quantitative estimate of drug-likeness (QED) is 0.789. The van der Waals surface area contributed by atoms with Crippen LogP contribution in [0.2, 0.25) is 0 Å². The Hall–Kier alpha value is -2.83. The number of carboxylic acids is 1. The molecule has 1 aromatic carbocycles. The molecule has 132 valence electrons. The van der Waals surface area contributed by atoms with E-state index in [4.69, 9.17) is 4.74 Å². The van der Waals surface area contributed by atoms with Crippen LogP contribution < -0.4 is 10.1 Å². The molecule has 25 heavy (non-hydrogen) atoms. The molecule has 7 heteroatoms. The van der Waals surface area contributed by atoms with Gasteiger partial charge in [-0.1, -0.05) is 26.8 Å². The standard InChI is InChI=1S/C18H21N3O4/c1-18(2,3)14-9-12(20-21-14)16(22)19-15(17(23)24)11-4-5-13-10(8-11)6-7-25-13/h4-5,8-9,15H,6-7H2,1-3H3,(H,19,22)(H,20,21)(H,23,24). The number of carbonyl (C=O) groups is 2. The van der Waals surface area contributed by atoms with Gasteiger partial charge in [0.05, 0.1) is 6.61 Å². The molecule has 3 N–H and O–H groups in total. The maximum Gasteiger partial charge on any atom is 0.330 e. The smallest absolute Gasteiger partial charge is 0.330 e. The molecule has 0 saturated heterocycles. The van der Waals surface area contributed by atoms with Gasteiger partial charge in [-0.3, -0.25) is 9.89 Å². The van der Waals surface area contributed by atoms with Crippen molar-refractivity contribution in [1.82, 2.24) is 15.5 Å². The Kier molecular flexibility index (Phi) is 4.24. The number of hydrogen-bond acceptors (Lipinski definition) is 4. The lowest BCUT2D eigenvalue weighted by molar-refractivity contribution is -0.139. The van der Waals surface area contributed by atoms with Gasteiger partial charge in [0.2, 0.25) is 0 Å². The van der Waals surface area contributed by atoms with E-state index in [9.17, 15) is 14.7 Å². The molecule has 0 radical (unpaired) electrons. The Morgan fingerprint density at radius 3 is 2.72 bits per heavy atom. The summed E-state index contributed by atoms with van der Waals surface area (Å²) in [6.07, 6.45) is 0.734. The SMILES string of the molecule is CC(C)(C)c1cc(C(=O)NC(C(=O)O)c2ccc3c(c2)CCO3)n[nH]1. The molecule has 7 nitrogen and oxygen atoms in total. The topological polar surface area (TPSA) is 104 Å². The number of nitrogens with one attached hydrogen (secondary N) is 2. The highest BCUT2D eigenvalue weighted by Crippen LogP contribution is 2.28. The summed E-state index contributed by atoms with van der Waals surface area (Å²) in [5, 5.41) is 18.9. The van der Waals surface area contributed by atoms with Crippen LogP contribution in [0.5, 0.6) is 5.75 Å². The second-order valence-corrected chi connectivity index (χ2v) is 7.13. The van der Waals surface area contributed by atoms with Gasteiger partial charge in [0.1, 0.15) is 11.4 Å². The predicted molar refractivity (Wildman–Crippen MR) is 90.8 cm³/mol. The molecular formula is C18H21N3O4. The predicted octanol–water partition coefficient (Wildman–Crippen LogP) is 2.20. The van der Waals surface area contributed by atoms with Crippen LogP contribution in [0.1, 0.15) is 54.1 Å². The van der Waals surface area contributed by atoms with E-state index in [-0.39, 0.29) is 11.1 Å². The minimum absolute atomic E-state index is 0.167. The van der Waals surface area contributed by atoms with E-state index in [2.05, 4.69) is 15.5 Å². The molecular weight excluding hydrogens is 322 g/mol. The number of aromatic amines is 1. The Bertz CT molecular complexity index is 820. The largest absolute Gasteiger partial charge is 0.493 e. The third kappa shape index (κ3) is 3.50. The minimum atomic E-state index is -1.15. The van der Waals surface area contributed by atoms with Gasteiger partial charge < -0.3 is 15.2 Å². The molecule has 3 rings (SSSR count). The number of amides is 1. The van der Waals surface area contributed by atoms with Crippen LogP contribution in [0.25, 0.3) is 0 Å². The first-order valence-corrected chi connectivity index (χ1v) is 8.11. The van der Waals surface area contributed by atoms with Crippen molar-refractivity contribution in [3.8, 4) is 5.75 Å². The molecule has 2 aromatic rings. The molecule has 1 atom stereocenters. The Morgan fingerprint density at radius 1 is 1.32 bits per heavy atom. The van der Waals surface area contributed by atoms with Gasteiger partial charge in [-0.15, -0.1) is 0 Å². The lowest BCUT2D eigenvalue weighted by atomic mass is 9.92. The van der Waals surface area contributed by atoms with E-state index >= 15 is 0 Å². The van der Waals surface area contributed by atoms with Gasteiger partial charge in [0.25, 0.3) is 5.91 Å². The number of carboxylic acid groups (broad SMARTS) is 1. The van der Waals surface area contributed by atoms with Crippen molar-refractivity contribution in [2.45, 2.75) is 38.6 Å².